The van der Waals surface area contributed by atoms with E-state index in [1.54, 1.807) is 24.3 Å². The van der Waals surface area contributed by atoms with Gasteiger partial charge in [-0.3, -0.25) is 4.79 Å². The molecule has 0 amide bonds. The molecule has 3 aromatic rings. The maximum absolute atomic E-state index is 12.8. The molecular weight excluding hydrogens is 338 g/mol. The van der Waals surface area contributed by atoms with E-state index in [1.165, 1.54) is 25.3 Å². The number of carbonyl (C=O) groups excluding carboxylic acids is 1. The van der Waals surface area contributed by atoms with E-state index < -0.39 is 15.8 Å². The van der Waals surface area contributed by atoms with Crippen molar-refractivity contribution in [3.63, 3.8) is 0 Å². The molecule has 0 radical (unpaired) electrons. The third kappa shape index (κ3) is 3.59. The molecule has 25 heavy (non-hydrogen) atoms. The van der Waals surface area contributed by atoms with Crippen molar-refractivity contribution in [3.8, 4) is 16.9 Å². The van der Waals surface area contributed by atoms with E-state index in [4.69, 9.17) is 4.74 Å². The Balaban J connectivity index is 2.15. The van der Waals surface area contributed by atoms with Crippen LogP contribution in [0.1, 0.15) is 6.92 Å². The standard InChI is InChI=1S/C19H15NO4S/c1-14(21)24-17-13-16(15-7-3-2-4-8-15)10-11-18(17)25(22,23)19-9-5-6-12-20-19/h2-13H,1H3. The Hall–Kier alpha value is -2.99. The Morgan fingerprint density at radius 2 is 1.64 bits per heavy atom. The largest absolute Gasteiger partial charge is 0.425 e. The van der Waals surface area contributed by atoms with Gasteiger partial charge in [0, 0.05) is 13.1 Å². The Bertz CT molecular complexity index is 1000. The van der Waals surface area contributed by atoms with Crippen molar-refractivity contribution in [1.29, 1.82) is 0 Å². The summed E-state index contributed by atoms with van der Waals surface area (Å²) in [6.07, 6.45) is 1.40. The number of nitrogens with zero attached hydrogens (tertiary/aromatic N) is 1. The zero-order valence-electron chi connectivity index (χ0n) is 13.4. The minimum absolute atomic E-state index is 0.0143. The van der Waals surface area contributed by atoms with Crippen molar-refractivity contribution in [2.75, 3.05) is 0 Å². The summed E-state index contributed by atoms with van der Waals surface area (Å²) in [7, 11) is -3.90. The fourth-order valence-electron chi connectivity index (χ4n) is 2.39. The number of ether oxygens (including phenoxy) is 1. The highest BCUT2D eigenvalue weighted by Gasteiger charge is 2.24. The molecule has 0 saturated carbocycles. The lowest BCUT2D eigenvalue weighted by Gasteiger charge is -2.12. The first-order chi connectivity index (χ1) is 12.0. The molecule has 0 saturated heterocycles. The van der Waals surface area contributed by atoms with E-state index in [0.29, 0.717) is 0 Å². The maximum Gasteiger partial charge on any atom is 0.308 e. The summed E-state index contributed by atoms with van der Waals surface area (Å²) in [4.78, 5) is 15.2. The summed E-state index contributed by atoms with van der Waals surface area (Å²) in [5.41, 5.74) is 1.63. The summed E-state index contributed by atoms with van der Waals surface area (Å²) in [6.45, 7) is 1.23. The quantitative estimate of drug-likeness (QED) is 0.530. The van der Waals surface area contributed by atoms with Crippen LogP contribution in [0.25, 0.3) is 11.1 Å². The molecular formula is C19H15NO4S. The topological polar surface area (TPSA) is 73.3 Å². The summed E-state index contributed by atoms with van der Waals surface area (Å²) >= 11 is 0. The molecule has 1 aromatic heterocycles. The van der Waals surface area contributed by atoms with Crippen molar-refractivity contribution in [3.05, 3.63) is 72.9 Å². The van der Waals surface area contributed by atoms with E-state index in [0.717, 1.165) is 11.1 Å². The van der Waals surface area contributed by atoms with Crippen LogP contribution in [0.3, 0.4) is 0 Å². The Morgan fingerprint density at radius 1 is 0.920 bits per heavy atom. The van der Waals surface area contributed by atoms with Gasteiger partial charge < -0.3 is 4.74 Å². The Morgan fingerprint density at radius 3 is 2.28 bits per heavy atom. The average Bonchev–Trinajstić information content (AvgIpc) is 2.62. The molecule has 0 aliphatic rings. The van der Waals surface area contributed by atoms with Crippen molar-refractivity contribution in [1.82, 2.24) is 4.98 Å². The lowest BCUT2D eigenvalue weighted by atomic mass is 10.1. The number of carbonyl (C=O) groups is 1. The molecule has 3 rings (SSSR count). The molecule has 0 unspecified atom stereocenters. The molecule has 0 fully saturated rings. The van der Waals surface area contributed by atoms with Crippen LogP contribution in [0.2, 0.25) is 0 Å². The minimum atomic E-state index is -3.90. The first-order valence-electron chi connectivity index (χ1n) is 7.52. The van der Waals surface area contributed by atoms with E-state index in [-0.39, 0.29) is 15.7 Å². The van der Waals surface area contributed by atoms with Crippen LogP contribution in [0.15, 0.2) is 82.8 Å². The lowest BCUT2D eigenvalue weighted by Crippen LogP contribution is -2.10. The van der Waals surface area contributed by atoms with Crippen molar-refractivity contribution < 1.29 is 17.9 Å². The van der Waals surface area contributed by atoms with Crippen LogP contribution in [-0.2, 0) is 14.6 Å². The van der Waals surface area contributed by atoms with Gasteiger partial charge in [-0.15, -0.1) is 0 Å². The highest BCUT2D eigenvalue weighted by atomic mass is 32.2. The third-order valence-electron chi connectivity index (χ3n) is 3.51. The number of aromatic nitrogens is 1. The van der Waals surface area contributed by atoms with Gasteiger partial charge in [-0.1, -0.05) is 42.5 Å². The highest BCUT2D eigenvalue weighted by molar-refractivity contribution is 7.91. The van der Waals surface area contributed by atoms with E-state index in [1.807, 2.05) is 30.3 Å². The molecule has 0 aliphatic heterocycles. The average molecular weight is 353 g/mol. The molecule has 1 heterocycles. The minimum Gasteiger partial charge on any atom is -0.425 e. The number of pyridine rings is 1. The zero-order chi connectivity index (χ0) is 17.9. The number of hydrogen-bond acceptors (Lipinski definition) is 5. The van der Waals surface area contributed by atoms with Gasteiger partial charge in [0.1, 0.15) is 4.90 Å². The third-order valence-corrected chi connectivity index (χ3v) is 5.22. The van der Waals surface area contributed by atoms with E-state index in [2.05, 4.69) is 4.98 Å². The summed E-state index contributed by atoms with van der Waals surface area (Å²) in [6, 6.07) is 18.7. The molecule has 0 bridgehead atoms. The monoisotopic (exact) mass is 353 g/mol. The number of rotatable bonds is 4. The summed E-state index contributed by atoms with van der Waals surface area (Å²) in [5.74, 6) is -0.609. The van der Waals surface area contributed by atoms with Crippen LogP contribution < -0.4 is 4.74 Å². The Labute approximate surface area is 145 Å². The summed E-state index contributed by atoms with van der Waals surface area (Å²) in [5, 5.41) is -0.101. The molecule has 0 atom stereocenters. The van der Waals surface area contributed by atoms with Crippen LogP contribution >= 0.6 is 0 Å². The normalized spacial score (nSPS) is 11.1. The predicted octanol–water partition coefficient (Wildman–Crippen LogP) is 3.51. The zero-order valence-corrected chi connectivity index (χ0v) is 14.2. The van der Waals surface area contributed by atoms with E-state index in [9.17, 15) is 13.2 Å². The predicted molar refractivity (Wildman–Crippen MR) is 92.9 cm³/mol. The molecule has 5 nitrogen and oxygen atoms in total. The van der Waals surface area contributed by atoms with Crippen molar-refractivity contribution in [2.45, 2.75) is 16.8 Å². The molecule has 0 N–H and O–H groups in total. The van der Waals surface area contributed by atoms with Crippen molar-refractivity contribution >= 4 is 15.8 Å². The van der Waals surface area contributed by atoms with Gasteiger partial charge in [-0.05, 0) is 35.4 Å². The summed E-state index contributed by atoms with van der Waals surface area (Å²) < 4.78 is 30.8. The molecule has 0 aliphatic carbocycles. The fourth-order valence-corrected chi connectivity index (χ4v) is 3.69. The van der Waals surface area contributed by atoms with Gasteiger partial charge >= 0.3 is 5.97 Å². The second kappa shape index (κ2) is 6.86. The SMILES string of the molecule is CC(=O)Oc1cc(-c2ccccc2)ccc1S(=O)(=O)c1ccccn1. The molecule has 6 heteroatoms. The Kier molecular flexibility index (Phi) is 4.63. The van der Waals surface area contributed by atoms with Gasteiger partial charge in [0.05, 0.1) is 0 Å². The fraction of sp³-hybridized carbons (Fsp3) is 0.0526. The maximum atomic E-state index is 12.8. The van der Waals surface area contributed by atoms with Gasteiger partial charge in [-0.2, -0.15) is 0 Å². The second-order valence-corrected chi connectivity index (χ2v) is 7.16. The van der Waals surface area contributed by atoms with Gasteiger partial charge in [0.2, 0.25) is 9.84 Å². The molecule has 126 valence electrons. The lowest BCUT2D eigenvalue weighted by molar-refractivity contribution is -0.132. The van der Waals surface area contributed by atoms with Crippen LogP contribution in [0.5, 0.6) is 5.75 Å². The van der Waals surface area contributed by atoms with Crippen molar-refractivity contribution in [2.24, 2.45) is 0 Å². The van der Waals surface area contributed by atoms with Crippen LogP contribution in [0, 0.1) is 0 Å². The van der Waals surface area contributed by atoms with Crippen LogP contribution in [-0.4, -0.2) is 19.4 Å². The number of benzene rings is 2. The first kappa shape index (κ1) is 16.9. The van der Waals surface area contributed by atoms with Gasteiger partial charge in [0.25, 0.3) is 0 Å². The van der Waals surface area contributed by atoms with Gasteiger partial charge in [-0.25, -0.2) is 13.4 Å². The number of sulfone groups is 1. The second-order valence-electron chi connectivity index (χ2n) is 5.29. The molecule has 2 aromatic carbocycles. The smallest absolute Gasteiger partial charge is 0.308 e. The van der Waals surface area contributed by atoms with Gasteiger partial charge in [0.15, 0.2) is 10.8 Å². The number of hydrogen-bond donors (Lipinski definition) is 0. The van der Waals surface area contributed by atoms with Crippen LogP contribution in [0.4, 0.5) is 0 Å². The van der Waals surface area contributed by atoms with E-state index >= 15 is 0 Å². The molecule has 0 spiro atoms. The first-order valence-corrected chi connectivity index (χ1v) is 9.01. The highest BCUT2D eigenvalue weighted by Crippen LogP contribution is 2.33. The number of esters is 1.